The van der Waals surface area contributed by atoms with Crippen molar-refractivity contribution in [2.45, 2.75) is 50.8 Å². The maximum absolute atomic E-state index is 6.72. The number of hydrogen-bond acceptors (Lipinski definition) is 1. The predicted molar refractivity (Wildman–Crippen MR) is 77.5 cm³/mol. The standard InChI is InChI=1S/C16H23ClO/c1-12-11-14(18-2)9-10-15(12)16(17)13-7-5-3-4-6-8-13/h9-11,13,16H,3-8H2,1-2H3. The Morgan fingerprint density at radius 1 is 1.17 bits per heavy atom. The molecule has 1 atom stereocenters. The summed E-state index contributed by atoms with van der Waals surface area (Å²) in [6, 6.07) is 6.24. The van der Waals surface area contributed by atoms with Crippen LogP contribution in [-0.2, 0) is 0 Å². The first-order valence-electron chi connectivity index (χ1n) is 7.01. The Morgan fingerprint density at radius 2 is 1.83 bits per heavy atom. The van der Waals surface area contributed by atoms with Crippen LogP contribution in [0.4, 0.5) is 0 Å². The van der Waals surface area contributed by atoms with E-state index in [1.54, 1.807) is 7.11 Å². The van der Waals surface area contributed by atoms with E-state index in [1.807, 2.05) is 6.07 Å². The van der Waals surface area contributed by atoms with Crippen molar-refractivity contribution in [1.82, 2.24) is 0 Å². The first-order valence-corrected chi connectivity index (χ1v) is 7.44. The molecule has 100 valence electrons. The summed E-state index contributed by atoms with van der Waals surface area (Å²) in [7, 11) is 1.71. The van der Waals surface area contributed by atoms with Crippen LogP contribution in [0.5, 0.6) is 5.75 Å². The molecule has 1 fully saturated rings. The van der Waals surface area contributed by atoms with Gasteiger partial charge in [-0.2, -0.15) is 0 Å². The van der Waals surface area contributed by atoms with Crippen LogP contribution in [-0.4, -0.2) is 7.11 Å². The molecule has 0 heterocycles. The SMILES string of the molecule is COc1ccc(C(Cl)C2CCCCCC2)c(C)c1. The van der Waals surface area contributed by atoms with Crippen molar-refractivity contribution in [3.63, 3.8) is 0 Å². The van der Waals surface area contributed by atoms with Crippen molar-refractivity contribution >= 4 is 11.6 Å². The molecule has 2 heteroatoms. The van der Waals surface area contributed by atoms with Crippen LogP contribution in [0, 0.1) is 12.8 Å². The van der Waals surface area contributed by atoms with E-state index in [0.29, 0.717) is 5.92 Å². The molecule has 1 saturated carbocycles. The molecule has 0 saturated heterocycles. The van der Waals surface area contributed by atoms with Crippen LogP contribution in [0.2, 0.25) is 0 Å². The van der Waals surface area contributed by atoms with Gasteiger partial charge in [-0.1, -0.05) is 31.7 Å². The summed E-state index contributed by atoms with van der Waals surface area (Å²) in [4.78, 5) is 0. The summed E-state index contributed by atoms with van der Waals surface area (Å²) in [5.74, 6) is 1.56. The Labute approximate surface area is 115 Å². The Kier molecular flexibility index (Phi) is 4.94. The fourth-order valence-electron chi connectivity index (χ4n) is 2.94. The summed E-state index contributed by atoms with van der Waals surface area (Å²) in [6.45, 7) is 2.13. The molecule has 1 unspecified atom stereocenters. The topological polar surface area (TPSA) is 9.23 Å². The minimum atomic E-state index is 0.161. The van der Waals surface area contributed by atoms with E-state index in [0.717, 1.165) is 5.75 Å². The van der Waals surface area contributed by atoms with Crippen LogP contribution >= 0.6 is 11.6 Å². The third-order valence-electron chi connectivity index (χ3n) is 4.09. The molecule has 1 aromatic rings. The monoisotopic (exact) mass is 266 g/mol. The summed E-state index contributed by atoms with van der Waals surface area (Å²) in [6.07, 6.45) is 7.98. The second kappa shape index (κ2) is 6.47. The number of aryl methyl sites for hydroxylation is 1. The van der Waals surface area contributed by atoms with Gasteiger partial charge < -0.3 is 4.74 Å². The number of rotatable bonds is 3. The van der Waals surface area contributed by atoms with Gasteiger partial charge in [-0.3, -0.25) is 0 Å². The van der Waals surface area contributed by atoms with Crippen LogP contribution in [0.3, 0.4) is 0 Å². The van der Waals surface area contributed by atoms with Crippen molar-refractivity contribution < 1.29 is 4.74 Å². The van der Waals surface area contributed by atoms with Gasteiger partial charge in [0.1, 0.15) is 5.75 Å². The van der Waals surface area contributed by atoms with Crippen LogP contribution < -0.4 is 4.74 Å². The van der Waals surface area contributed by atoms with E-state index in [2.05, 4.69) is 19.1 Å². The third kappa shape index (κ3) is 3.20. The van der Waals surface area contributed by atoms with Crippen LogP contribution in [0.1, 0.15) is 55.0 Å². The van der Waals surface area contributed by atoms with Gasteiger partial charge in [-0.25, -0.2) is 0 Å². The number of methoxy groups -OCH3 is 1. The highest BCUT2D eigenvalue weighted by atomic mass is 35.5. The van der Waals surface area contributed by atoms with E-state index < -0.39 is 0 Å². The number of benzene rings is 1. The molecule has 0 bridgehead atoms. The van der Waals surface area contributed by atoms with Crippen molar-refractivity contribution in [3.8, 4) is 5.75 Å². The second-order valence-electron chi connectivity index (χ2n) is 5.38. The average Bonchev–Trinajstić information content (AvgIpc) is 2.66. The van der Waals surface area contributed by atoms with Gasteiger partial charge in [0.25, 0.3) is 0 Å². The summed E-state index contributed by atoms with van der Waals surface area (Å²) >= 11 is 6.72. The summed E-state index contributed by atoms with van der Waals surface area (Å²) in [5.41, 5.74) is 2.53. The minimum absolute atomic E-state index is 0.161. The Balaban J connectivity index is 2.14. The largest absolute Gasteiger partial charge is 0.497 e. The molecule has 0 radical (unpaired) electrons. The zero-order chi connectivity index (χ0) is 13.0. The maximum atomic E-state index is 6.72. The van der Waals surface area contributed by atoms with Crippen molar-refractivity contribution in [2.24, 2.45) is 5.92 Å². The van der Waals surface area contributed by atoms with Gasteiger partial charge in [0.15, 0.2) is 0 Å². The Bertz CT molecular complexity index is 381. The molecular weight excluding hydrogens is 244 g/mol. The Morgan fingerprint density at radius 3 is 2.39 bits per heavy atom. The zero-order valence-electron chi connectivity index (χ0n) is 11.4. The lowest BCUT2D eigenvalue weighted by atomic mass is 9.90. The first kappa shape index (κ1) is 13.7. The lowest BCUT2D eigenvalue weighted by molar-refractivity contribution is 0.413. The molecule has 1 aromatic carbocycles. The average molecular weight is 267 g/mol. The van der Waals surface area contributed by atoms with Gasteiger partial charge in [-0.15, -0.1) is 11.6 Å². The predicted octanol–water partition coefficient (Wildman–Crippen LogP) is 5.25. The van der Waals surface area contributed by atoms with Gasteiger partial charge in [0.2, 0.25) is 0 Å². The molecule has 2 rings (SSSR count). The van der Waals surface area contributed by atoms with Crippen molar-refractivity contribution in [2.75, 3.05) is 7.11 Å². The van der Waals surface area contributed by atoms with Gasteiger partial charge >= 0.3 is 0 Å². The summed E-state index contributed by atoms with van der Waals surface area (Å²) < 4.78 is 5.25. The molecule has 0 aromatic heterocycles. The van der Waals surface area contributed by atoms with E-state index >= 15 is 0 Å². The van der Waals surface area contributed by atoms with E-state index in [9.17, 15) is 0 Å². The fourth-order valence-corrected chi connectivity index (χ4v) is 3.44. The van der Waals surface area contributed by atoms with E-state index in [4.69, 9.17) is 16.3 Å². The zero-order valence-corrected chi connectivity index (χ0v) is 12.2. The minimum Gasteiger partial charge on any atom is -0.497 e. The quantitative estimate of drug-likeness (QED) is 0.536. The number of halogens is 1. The number of alkyl halides is 1. The summed E-state index contributed by atoms with van der Waals surface area (Å²) in [5, 5.41) is 0.161. The second-order valence-corrected chi connectivity index (χ2v) is 5.85. The lowest BCUT2D eigenvalue weighted by Gasteiger charge is -2.22. The lowest BCUT2D eigenvalue weighted by Crippen LogP contribution is -2.08. The highest BCUT2D eigenvalue weighted by Gasteiger charge is 2.23. The van der Waals surface area contributed by atoms with Crippen LogP contribution in [0.25, 0.3) is 0 Å². The van der Waals surface area contributed by atoms with Gasteiger partial charge in [0, 0.05) is 0 Å². The smallest absolute Gasteiger partial charge is 0.119 e. The molecule has 0 N–H and O–H groups in total. The molecule has 0 spiro atoms. The first-order chi connectivity index (χ1) is 8.72. The molecule has 1 aliphatic carbocycles. The van der Waals surface area contributed by atoms with Gasteiger partial charge in [-0.05, 0) is 48.9 Å². The maximum Gasteiger partial charge on any atom is 0.119 e. The molecule has 0 amide bonds. The Hall–Kier alpha value is -0.690. The molecule has 1 aliphatic rings. The molecular formula is C16H23ClO. The molecule has 0 aliphatic heterocycles. The number of hydrogen-bond donors (Lipinski definition) is 0. The highest BCUT2D eigenvalue weighted by Crippen LogP contribution is 2.39. The third-order valence-corrected chi connectivity index (χ3v) is 4.68. The van der Waals surface area contributed by atoms with E-state index in [-0.39, 0.29) is 5.38 Å². The van der Waals surface area contributed by atoms with Crippen molar-refractivity contribution in [3.05, 3.63) is 29.3 Å². The number of ether oxygens (including phenoxy) is 1. The van der Waals surface area contributed by atoms with Crippen molar-refractivity contribution in [1.29, 1.82) is 0 Å². The molecule has 18 heavy (non-hydrogen) atoms. The highest BCUT2D eigenvalue weighted by molar-refractivity contribution is 6.21. The van der Waals surface area contributed by atoms with Gasteiger partial charge in [0.05, 0.1) is 12.5 Å². The fraction of sp³-hybridized carbons (Fsp3) is 0.625. The van der Waals surface area contributed by atoms with E-state index in [1.165, 1.54) is 49.7 Å². The normalized spacial score (nSPS) is 19.3. The molecule has 1 nitrogen and oxygen atoms in total. The van der Waals surface area contributed by atoms with Crippen LogP contribution in [0.15, 0.2) is 18.2 Å².